The molecule has 1 aromatic heterocycles. The van der Waals surface area contributed by atoms with E-state index in [2.05, 4.69) is 41.4 Å². The molecular weight excluding hydrogens is 266 g/mol. The van der Waals surface area contributed by atoms with Gasteiger partial charge in [-0.15, -0.1) is 0 Å². The van der Waals surface area contributed by atoms with Crippen LogP contribution in [-0.2, 0) is 10.2 Å². The average Bonchev–Trinajstić information content (AvgIpc) is 2.38. The van der Waals surface area contributed by atoms with Crippen molar-refractivity contribution in [1.82, 2.24) is 14.9 Å². The summed E-state index contributed by atoms with van der Waals surface area (Å²) >= 11 is 0. The van der Waals surface area contributed by atoms with E-state index in [-0.39, 0.29) is 11.3 Å². The minimum Gasteiger partial charge on any atom is -0.373 e. The van der Waals surface area contributed by atoms with E-state index < -0.39 is 0 Å². The molecule has 6 heteroatoms. The second-order valence-corrected chi connectivity index (χ2v) is 6.33. The highest BCUT2D eigenvalue weighted by atomic mass is 16.2. The van der Waals surface area contributed by atoms with Crippen LogP contribution in [0.1, 0.15) is 38.6 Å². The van der Waals surface area contributed by atoms with Gasteiger partial charge in [-0.2, -0.15) is 0 Å². The smallest absolute Gasteiger partial charge is 0.223 e. The molecule has 6 nitrogen and oxygen atoms in total. The summed E-state index contributed by atoms with van der Waals surface area (Å²) in [7, 11) is 5.37. The predicted molar refractivity (Wildman–Crippen MR) is 86.8 cm³/mol. The van der Waals surface area contributed by atoms with Crippen LogP contribution < -0.4 is 10.6 Å². The molecule has 21 heavy (non-hydrogen) atoms. The van der Waals surface area contributed by atoms with Gasteiger partial charge in [0.15, 0.2) is 0 Å². The molecule has 2 N–H and O–H groups in total. The first kappa shape index (κ1) is 17.2. The molecule has 1 aromatic rings. The molecule has 0 aliphatic rings. The van der Waals surface area contributed by atoms with Crippen molar-refractivity contribution in [2.75, 3.05) is 38.3 Å². The third-order valence-electron chi connectivity index (χ3n) is 3.18. The van der Waals surface area contributed by atoms with Crippen LogP contribution >= 0.6 is 0 Å². The standard InChI is InChI=1S/C15H27N5O/c1-10-12(16-5)18-14(15(2,3)4)19-13(10)17-9-8-11(21)20(6)7/h8-9H2,1-7H3,(H2,16,17,18,19). The molecule has 0 unspecified atom stereocenters. The molecule has 1 amide bonds. The van der Waals surface area contributed by atoms with Gasteiger partial charge in [0, 0.05) is 45.1 Å². The van der Waals surface area contributed by atoms with Crippen molar-refractivity contribution in [1.29, 1.82) is 0 Å². The van der Waals surface area contributed by atoms with Crippen molar-refractivity contribution in [3.8, 4) is 0 Å². The highest BCUT2D eigenvalue weighted by molar-refractivity contribution is 5.76. The molecule has 0 spiro atoms. The lowest BCUT2D eigenvalue weighted by molar-refractivity contribution is -0.128. The van der Waals surface area contributed by atoms with Gasteiger partial charge in [0.05, 0.1) is 0 Å². The summed E-state index contributed by atoms with van der Waals surface area (Å²) in [6.07, 6.45) is 0.441. The summed E-state index contributed by atoms with van der Waals surface area (Å²) in [5.41, 5.74) is 0.831. The Labute approximate surface area is 127 Å². The third-order valence-corrected chi connectivity index (χ3v) is 3.18. The van der Waals surface area contributed by atoms with E-state index in [9.17, 15) is 4.79 Å². The number of anilines is 2. The molecule has 0 fully saturated rings. The van der Waals surface area contributed by atoms with Crippen molar-refractivity contribution in [2.24, 2.45) is 0 Å². The Morgan fingerprint density at radius 3 is 2.24 bits per heavy atom. The van der Waals surface area contributed by atoms with E-state index in [4.69, 9.17) is 0 Å². The van der Waals surface area contributed by atoms with Crippen LogP contribution in [0.5, 0.6) is 0 Å². The van der Waals surface area contributed by atoms with Gasteiger partial charge in [-0.25, -0.2) is 9.97 Å². The summed E-state index contributed by atoms with van der Waals surface area (Å²) in [6, 6.07) is 0. The lowest BCUT2D eigenvalue weighted by atomic mass is 9.95. The van der Waals surface area contributed by atoms with Crippen molar-refractivity contribution < 1.29 is 4.79 Å². The molecule has 1 heterocycles. The number of amides is 1. The third kappa shape index (κ3) is 4.58. The first-order chi connectivity index (χ1) is 9.66. The predicted octanol–water partition coefficient (Wildman–Crippen LogP) is 2.01. The molecule has 0 bridgehead atoms. The number of carbonyl (C=O) groups excluding carboxylic acids is 1. The molecule has 0 aliphatic carbocycles. The van der Waals surface area contributed by atoms with E-state index >= 15 is 0 Å². The van der Waals surface area contributed by atoms with Crippen LogP contribution in [0.15, 0.2) is 0 Å². The summed E-state index contributed by atoms with van der Waals surface area (Å²) in [5, 5.41) is 6.35. The van der Waals surface area contributed by atoms with E-state index in [0.717, 1.165) is 23.0 Å². The summed E-state index contributed by atoms with van der Waals surface area (Å²) in [6.45, 7) is 8.76. The highest BCUT2D eigenvalue weighted by Gasteiger charge is 2.20. The molecule has 0 radical (unpaired) electrons. The number of hydrogen-bond donors (Lipinski definition) is 2. The zero-order chi connectivity index (χ0) is 16.2. The maximum Gasteiger partial charge on any atom is 0.223 e. The maximum atomic E-state index is 11.6. The van der Waals surface area contributed by atoms with Crippen molar-refractivity contribution in [3.05, 3.63) is 11.4 Å². The average molecular weight is 293 g/mol. The summed E-state index contributed by atoms with van der Waals surface area (Å²) in [5.74, 6) is 2.47. The van der Waals surface area contributed by atoms with Crippen LogP contribution in [0.4, 0.5) is 11.6 Å². The fraction of sp³-hybridized carbons (Fsp3) is 0.667. The van der Waals surface area contributed by atoms with Crippen molar-refractivity contribution >= 4 is 17.5 Å². The maximum absolute atomic E-state index is 11.6. The van der Waals surface area contributed by atoms with Crippen LogP contribution in [0.3, 0.4) is 0 Å². The van der Waals surface area contributed by atoms with Gasteiger partial charge >= 0.3 is 0 Å². The minimum atomic E-state index is -0.130. The summed E-state index contributed by atoms with van der Waals surface area (Å²) in [4.78, 5) is 22.4. The Kier molecular flexibility index (Phi) is 5.52. The zero-order valence-electron chi connectivity index (χ0n) is 14.2. The van der Waals surface area contributed by atoms with E-state index in [0.29, 0.717) is 13.0 Å². The number of carbonyl (C=O) groups is 1. The Morgan fingerprint density at radius 1 is 1.19 bits per heavy atom. The lowest BCUT2D eigenvalue weighted by Gasteiger charge is -2.21. The Morgan fingerprint density at radius 2 is 1.76 bits per heavy atom. The molecule has 0 saturated heterocycles. The SMILES string of the molecule is CNc1nc(C(C)(C)C)nc(NCCC(=O)N(C)C)c1C. The van der Waals surface area contributed by atoms with Gasteiger partial charge in [0.25, 0.3) is 0 Å². The van der Waals surface area contributed by atoms with Crippen LogP contribution in [0.2, 0.25) is 0 Å². The lowest BCUT2D eigenvalue weighted by Crippen LogP contribution is -2.24. The van der Waals surface area contributed by atoms with Crippen LogP contribution in [0, 0.1) is 6.92 Å². The molecule has 0 aliphatic heterocycles. The molecule has 0 saturated carbocycles. The molecule has 0 aromatic carbocycles. The molecular formula is C15H27N5O. The number of rotatable bonds is 5. The Balaban J connectivity index is 2.93. The van der Waals surface area contributed by atoms with Crippen molar-refractivity contribution in [3.63, 3.8) is 0 Å². The highest BCUT2D eigenvalue weighted by Crippen LogP contribution is 2.25. The first-order valence-corrected chi connectivity index (χ1v) is 7.17. The summed E-state index contributed by atoms with van der Waals surface area (Å²) < 4.78 is 0. The Hall–Kier alpha value is -1.85. The van der Waals surface area contributed by atoms with E-state index in [1.807, 2.05) is 14.0 Å². The number of nitrogens with one attached hydrogen (secondary N) is 2. The van der Waals surface area contributed by atoms with Gasteiger partial charge in [-0.3, -0.25) is 4.79 Å². The first-order valence-electron chi connectivity index (χ1n) is 7.17. The quantitative estimate of drug-likeness (QED) is 0.869. The normalized spacial score (nSPS) is 11.2. The fourth-order valence-electron chi connectivity index (χ4n) is 1.78. The van der Waals surface area contributed by atoms with Gasteiger partial charge in [0.1, 0.15) is 17.5 Å². The second kappa shape index (κ2) is 6.74. The monoisotopic (exact) mass is 293 g/mol. The molecule has 1 rings (SSSR count). The number of aromatic nitrogens is 2. The largest absolute Gasteiger partial charge is 0.373 e. The molecule has 118 valence electrons. The topological polar surface area (TPSA) is 70.1 Å². The van der Waals surface area contributed by atoms with Crippen molar-refractivity contribution in [2.45, 2.75) is 39.5 Å². The zero-order valence-corrected chi connectivity index (χ0v) is 14.2. The second-order valence-electron chi connectivity index (χ2n) is 6.33. The van der Waals surface area contributed by atoms with Crippen LogP contribution in [0.25, 0.3) is 0 Å². The number of hydrogen-bond acceptors (Lipinski definition) is 5. The van der Waals surface area contributed by atoms with Gasteiger partial charge in [-0.05, 0) is 6.92 Å². The molecule has 0 atom stereocenters. The fourth-order valence-corrected chi connectivity index (χ4v) is 1.78. The van der Waals surface area contributed by atoms with E-state index in [1.165, 1.54) is 0 Å². The number of nitrogens with zero attached hydrogens (tertiary/aromatic N) is 3. The van der Waals surface area contributed by atoms with Gasteiger partial charge in [0.2, 0.25) is 5.91 Å². The minimum absolute atomic E-state index is 0.0964. The Bertz CT molecular complexity index is 506. The van der Waals surface area contributed by atoms with Crippen LogP contribution in [-0.4, -0.2) is 48.5 Å². The van der Waals surface area contributed by atoms with Gasteiger partial charge < -0.3 is 15.5 Å². The van der Waals surface area contributed by atoms with E-state index in [1.54, 1.807) is 19.0 Å². The van der Waals surface area contributed by atoms with Gasteiger partial charge in [-0.1, -0.05) is 20.8 Å².